The molecule has 1 aromatic rings. The van der Waals surface area contributed by atoms with Crippen LogP contribution in [-0.2, 0) is 10.0 Å². The first kappa shape index (κ1) is 15.9. The highest BCUT2D eigenvalue weighted by Gasteiger charge is 2.14. The number of hydrogen-bond acceptors (Lipinski definition) is 5. The Bertz CT molecular complexity index is 665. The number of hydrogen-bond donors (Lipinski definition) is 1. The van der Waals surface area contributed by atoms with Gasteiger partial charge in [0.2, 0.25) is 10.0 Å². The summed E-state index contributed by atoms with van der Waals surface area (Å²) in [4.78, 5) is -0.665. The zero-order valence-corrected chi connectivity index (χ0v) is 11.0. The molecule has 0 aliphatic heterocycles. The SMILES string of the molecule is COc1cc(C=C(C#N)S(N)(=O)=O)ccc1OC(F)F. The van der Waals surface area contributed by atoms with Crippen LogP contribution in [0.1, 0.15) is 5.56 Å². The molecule has 0 aliphatic carbocycles. The monoisotopic (exact) mass is 304 g/mol. The van der Waals surface area contributed by atoms with Crippen LogP contribution in [0.15, 0.2) is 23.1 Å². The van der Waals surface area contributed by atoms with Crippen molar-refractivity contribution < 1.29 is 26.7 Å². The number of allylic oxidation sites excluding steroid dienone is 1. The normalized spacial score (nSPS) is 12.1. The quantitative estimate of drug-likeness (QED) is 0.829. The number of alkyl halides is 2. The van der Waals surface area contributed by atoms with Crippen LogP contribution in [0.3, 0.4) is 0 Å². The van der Waals surface area contributed by atoms with Crippen molar-refractivity contribution in [3.8, 4) is 17.6 Å². The molecule has 0 aliphatic rings. The second kappa shape index (κ2) is 6.31. The summed E-state index contributed by atoms with van der Waals surface area (Å²) < 4.78 is 55.4. The summed E-state index contributed by atoms with van der Waals surface area (Å²) in [6, 6.07) is 5.11. The van der Waals surface area contributed by atoms with E-state index in [0.29, 0.717) is 0 Å². The van der Waals surface area contributed by atoms with Gasteiger partial charge in [0.05, 0.1) is 7.11 Å². The van der Waals surface area contributed by atoms with E-state index in [1.54, 1.807) is 0 Å². The molecule has 0 saturated heterocycles. The molecule has 0 amide bonds. The van der Waals surface area contributed by atoms with Crippen LogP contribution >= 0.6 is 0 Å². The molecule has 2 N–H and O–H groups in total. The lowest BCUT2D eigenvalue weighted by Crippen LogP contribution is -2.13. The van der Waals surface area contributed by atoms with Crippen LogP contribution in [0.2, 0.25) is 0 Å². The van der Waals surface area contributed by atoms with Gasteiger partial charge in [0.15, 0.2) is 16.4 Å². The Balaban J connectivity index is 3.23. The molecule has 0 unspecified atom stereocenters. The molecule has 0 spiro atoms. The van der Waals surface area contributed by atoms with E-state index in [0.717, 1.165) is 12.1 Å². The maximum absolute atomic E-state index is 12.1. The minimum Gasteiger partial charge on any atom is -0.493 e. The van der Waals surface area contributed by atoms with Crippen molar-refractivity contribution in [3.05, 3.63) is 28.7 Å². The fraction of sp³-hybridized carbons (Fsp3) is 0.182. The third kappa shape index (κ3) is 4.18. The van der Waals surface area contributed by atoms with E-state index in [1.165, 1.54) is 25.3 Å². The van der Waals surface area contributed by atoms with Gasteiger partial charge in [-0.25, -0.2) is 13.6 Å². The molecule has 108 valence electrons. The standard InChI is InChI=1S/C11H10F2N2O4S/c1-18-10-5-7(2-3-9(10)19-11(12)13)4-8(6-14)20(15,16)17/h2-5,11H,1H3,(H2,15,16,17). The lowest BCUT2D eigenvalue weighted by atomic mass is 10.2. The Labute approximate surface area is 114 Å². The molecule has 0 fully saturated rings. The van der Waals surface area contributed by atoms with Gasteiger partial charge in [-0.15, -0.1) is 0 Å². The van der Waals surface area contributed by atoms with Gasteiger partial charge in [0, 0.05) is 0 Å². The molecule has 0 radical (unpaired) electrons. The fourth-order valence-electron chi connectivity index (χ4n) is 1.30. The van der Waals surface area contributed by atoms with Gasteiger partial charge >= 0.3 is 6.61 Å². The first-order valence-electron chi connectivity index (χ1n) is 5.05. The number of halogens is 2. The Hall–Kier alpha value is -2.18. The largest absolute Gasteiger partial charge is 0.493 e. The maximum atomic E-state index is 12.1. The van der Waals surface area contributed by atoms with E-state index in [2.05, 4.69) is 4.74 Å². The van der Waals surface area contributed by atoms with E-state index >= 15 is 0 Å². The molecule has 0 heterocycles. The third-order valence-corrected chi connectivity index (χ3v) is 2.94. The summed E-state index contributed by atoms with van der Waals surface area (Å²) >= 11 is 0. The summed E-state index contributed by atoms with van der Waals surface area (Å²) in [5.74, 6) is -0.250. The van der Waals surface area contributed by atoms with Gasteiger partial charge < -0.3 is 9.47 Å². The van der Waals surface area contributed by atoms with Gasteiger partial charge in [0.1, 0.15) is 6.07 Å². The third-order valence-electron chi connectivity index (χ3n) is 2.12. The predicted octanol–water partition coefficient (Wildman–Crippen LogP) is 1.45. The molecule has 1 aromatic carbocycles. The lowest BCUT2D eigenvalue weighted by Gasteiger charge is -2.10. The molecular formula is C11H10F2N2O4S. The van der Waals surface area contributed by atoms with E-state index < -0.39 is 21.5 Å². The van der Waals surface area contributed by atoms with Crippen LogP contribution in [0.25, 0.3) is 6.08 Å². The van der Waals surface area contributed by atoms with Gasteiger partial charge in [-0.05, 0) is 23.8 Å². The summed E-state index contributed by atoms with van der Waals surface area (Å²) in [5, 5.41) is 13.5. The zero-order chi connectivity index (χ0) is 15.3. The van der Waals surface area contributed by atoms with Crippen molar-refractivity contribution in [2.45, 2.75) is 6.61 Å². The van der Waals surface area contributed by atoms with Crippen LogP contribution in [0.4, 0.5) is 8.78 Å². The molecule has 1 rings (SSSR count). The zero-order valence-electron chi connectivity index (χ0n) is 10.2. The smallest absolute Gasteiger partial charge is 0.387 e. The number of nitriles is 1. The molecule has 20 heavy (non-hydrogen) atoms. The van der Waals surface area contributed by atoms with E-state index in [1.807, 2.05) is 0 Å². The van der Waals surface area contributed by atoms with E-state index in [9.17, 15) is 17.2 Å². The van der Waals surface area contributed by atoms with E-state index in [-0.39, 0.29) is 17.1 Å². The van der Waals surface area contributed by atoms with Gasteiger partial charge in [-0.1, -0.05) is 6.07 Å². The Morgan fingerprint density at radius 3 is 2.55 bits per heavy atom. The number of rotatable bonds is 5. The highest BCUT2D eigenvalue weighted by Crippen LogP contribution is 2.30. The minimum atomic E-state index is -4.15. The number of nitrogens with two attached hydrogens (primary N) is 1. The lowest BCUT2D eigenvalue weighted by molar-refractivity contribution is -0.0512. The molecular weight excluding hydrogens is 294 g/mol. The number of ether oxygens (including phenoxy) is 2. The Kier molecular flexibility index (Phi) is 5.01. The minimum absolute atomic E-state index is 0.0363. The van der Waals surface area contributed by atoms with Crippen molar-refractivity contribution >= 4 is 16.1 Å². The average Bonchev–Trinajstić information content (AvgIpc) is 2.35. The summed E-state index contributed by atoms with van der Waals surface area (Å²) in [6.45, 7) is -3.02. The number of nitrogens with zero attached hydrogens (tertiary/aromatic N) is 1. The van der Waals surface area contributed by atoms with Crippen LogP contribution in [-0.4, -0.2) is 22.1 Å². The highest BCUT2D eigenvalue weighted by molar-refractivity contribution is 7.93. The summed E-state index contributed by atoms with van der Waals surface area (Å²) in [7, 11) is -2.93. The predicted molar refractivity (Wildman–Crippen MR) is 66.3 cm³/mol. The van der Waals surface area contributed by atoms with Crippen LogP contribution in [0.5, 0.6) is 11.5 Å². The molecule has 6 nitrogen and oxygen atoms in total. The van der Waals surface area contributed by atoms with Gasteiger partial charge in [-0.3, -0.25) is 0 Å². The number of methoxy groups -OCH3 is 1. The fourth-order valence-corrected chi connectivity index (χ4v) is 1.72. The topological polar surface area (TPSA) is 102 Å². The molecule has 0 aromatic heterocycles. The molecule has 0 bridgehead atoms. The average molecular weight is 304 g/mol. The number of primary sulfonamides is 1. The molecule has 0 saturated carbocycles. The second-order valence-electron chi connectivity index (χ2n) is 3.45. The van der Waals surface area contributed by atoms with Gasteiger partial charge in [-0.2, -0.15) is 14.0 Å². The molecule has 9 heteroatoms. The maximum Gasteiger partial charge on any atom is 0.387 e. The first-order chi connectivity index (χ1) is 9.27. The first-order valence-corrected chi connectivity index (χ1v) is 6.60. The van der Waals surface area contributed by atoms with Crippen LogP contribution < -0.4 is 14.6 Å². The van der Waals surface area contributed by atoms with Crippen molar-refractivity contribution in [3.63, 3.8) is 0 Å². The molecule has 0 atom stereocenters. The van der Waals surface area contributed by atoms with Crippen molar-refractivity contribution in [1.29, 1.82) is 5.26 Å². The highest BCUT2D eigenvalue weighted by atomic mass is 32.2. The Morgan fingerprint density at radius 2 is 2.10 bits per heavy atom. The summed E-state index contributed by atoms with van der Waals surface area (Å²) in [5.41, 5.74) is 0.231. The van der Waals surface area contributed by atoms with Crippen LogP contribution in [0, 0.1) is 11.3 Å². The van der Waals surface area contributed by atoms with Gasteiger partial charge in [0.25, 0.3) is 0 Å². The van der Waals surface area contributed by atoms with Crippen molar-refractivity contribution in [1.82, 2.24) is 0 Å². The van der Waals surface area contributed by atoms with Crippen molar-refractivity contribution in [2.24, 2.45) is 5.14 Å². The van der Waals surface area contributed by atoms with E-state index in [4.69, 9.17) is 15.1 Å². The second-order valence-corrected chi connectivity index (χ2v) is 4.98. The van der Waals surface area contributed by atoms with Crippen molar-refractivity contribution in [2.75, 3.05) is 7.11 Å². The Morgan fingerprint density at radius 1 is 1.45 bits per heavy atom. The number of sulfonamides is 1. The summed E-state index contributed by atoms with van der Waals surface area (Å²) in [6.07, 6.45) is 0.990. The number of benzene rings is 1.